The maximum Gasteiger partial charge on any atom is 0.290 e. The molecule has 3 rings (SSSR count). The summed E-state index contributed by atoms with van der Waals surface area (Å²) >= 11 is 7.68. The normalized spacial score (nSPS) is 14.9. The second-order valence-corrected chi connectivity index (χ2v) is 7.92. The molecular formula is C22H29ClN4O2S. The van der Waals surface area contributed by atoms with E-state index in [4.69, 9.17) is 37.3 Å². The van der Waals surface area contributed by atoms with Crippen LogP contribution in [0.1, 0.15) is 55.7 Å². The zero-order valence-electron chi connectivity index (χ0n) is 18.2. The Morgan fingerprint density at radius 3 is 2.30 bits per heavy atom. The third kappa shape index (κ3) is 5.34. The van der Waals surface area contributed by atoms with Gasteiger partial charge in [-0.05, 0) is 44.9 Å². The summed E-state index contributed by atoms with van der Waals surface area (Å²) in [6.07, 6.45) is 0.715. The average molecular weight is 449 g/mol. The summed E-state index contributed by atoms with van der Waals surface area (Å²) in [5.74, 6) is 0.708. The molecule has 162 valence electrons. The monoisotopic (exact) mass is 448 g/mol. The van der Waals surface area contributed by atoms with Gasteiger partial charge in [-0.2, -0.15) is 0 Å². The molecule has 2 aromatic rings. The Labute approximate surface area is 187 Å². The van der Waals surface area contributed by atoms with Crippen molar-refractivity contribution in [1.29, 1.82) is 10.8 Å². The van der Waals surface area contributed by atoms with Crippen LogP contribution >= 0.6 is 22.9 Å². The first-order chi connectivity index (χ1) is 14.3. The van der Waals surface area contributed by atoms with E-state index in [0.29, 0.717) is 23.1 Å². The molecule has 0 aliphatic carbocycles. The Hall–Kier alpha value is -2.51. The first kappa shape index (κ1) is 25.5. The van der Waals surface area contributed by atoms with E-state index in [-0.39, 0.29) is 12.5 Å². The van der Waals surface area contributed by atoms with Gasteiger partial charge in [-0.3, -0.25) is 25.5 Å². The van der Waals surface area contributed by atoms with E-state index in [0.717, 1.165) is 27.4 Å². The zero-order chi connectivity index (χ0) is 23.0. The molecule has 0 radical (unpaired) electrons. The van der Waals surface area contributed by atoms with Gasteiger partial charge >= 0.3 is 0 Å². The number of aliphatic imine (C=N–C) groups is 1. The minimum Gasteiger partial charge on any atom is -0.483 e. The van der Waals surface area contributed by atoms with Gasteiger partial charge < -0.3 is 5.11 Å². The molecule has 8 heteroatoms. The predicted octanol–water partition coefficient (Wildman–Crippen LogP) is 6.16. The van der Waals surface area contributed by atoms with Crippen molar-refractivity contribution < 1.29 is 9.90 Å². The lowest BCUT2D eigenvalue weighted by molar-refractivity contribution is -0.122. The average Bonchev–Trinajstić information content (AvgIpc) is 2.92. The molecule has 1 aliphatic rings. The van der Waals surface area contributed by atoms with E-state index >= 15 is 0 Å². The minimum atomic E-state index is -0.273. The number of aryl methyl sites for hydroxylation is 1. The summed E-state index contributed by atoms with van der Waals surface area (Å²) in [6, 6.07) is 7.40. The summed E-state index contributed by atoms with van der Waals surface area (Å²) in [6.45, 7) is 11.7. The number of carbonyl (C=O) groups is 1. The molecule has 0 saturated carbocycles. The second kappa shape index (κ2) is 11.6. The van der Waals surface area contributed by atoms with Crippen LogP contribution in [-0.2, 0) is 4.79 Å². The van der Waals surface area contributed by atoms with E-state index in [1.54, 1.807) is 23.2 Å². The number of carboxylic acid groups (broad SMARTS) is 1. The summed E-state index contributed by atoms with van der Waals surface area (Å²) in [4.78, 5) is 16.2. The van der Waals surface area contributed by atoms with Crippen molar-refractivity contribution in [3.05, 3.63) is 50.9 Å². The number of hydrogen-bond acceptors (Lipinski definition) is 5. The van der Waals surface area contributed by atoms with Crippen molar-refractivity contribution in [2.24, 2.45) is 4.99 Å². The number of thiophene rings is 1. The van der Waals surface area contributed by atoms with Crippen LogP contribution in [0.3, 0.4) is 0 Å². The third-order valence-electron chi connectivity index (χ3n) is 4.49. The van der Waals surface area contributed by atoms with E-state index < -0.39 is 0 Å². The molecule has 0 fully saturated rings. The third-order valence-corrected chi connectivity index (χ3v) is 5.93. The number of halogens is 1. The van der Waals surface area contributed by atoms with Crippen LogP contribution in [0.4, 0.5) is 5.00 Å². The smallest absolute Gasteiger partial charge is 0.290 e. The van der Waals surface area contributed by atoms with Crippen LogP contribution < -0.4 is 4.90 Å². The van der Waals surface area contributed by atoms with Gasteiger partial charge in [-0.25, -0.2) is 0 Å². The Kier molecular flexibility index (Phi) is 9.89. The Balaban J connectivity index is 0.000000826. The van der Waals surface area contributed by atoms with Crippen LogP contribution in [0.2, 0.25) is 5.02 Å². The molecule has 3 N–H and O–H groups in total. The minimum absolute atomic E-state index is 0.250. The van der Waals surface area contributed by atoms with Gasteiger partial charge in [0.15, 0.2) is 0 Å². The van der Waals surface area contributed by atoms with E-state index in [9.17, 15) is 0 Å². The highest BCUT2D eigenvalue weighted by molar-refractivity contribution is 7.17. The number of fused-ring (bicyclic) bond motifs is 1. The van der Waals surface area contributed by atoms with E-state index in [1.165, 1.54) is 4.88 Å². The van der Waals surface area contributed by atoms with Crippen molar-refractivity contribution in [2.45, 2.75) is 54.0 Å². The number of rotatable bonds is 2. The fourth-order valence-corrected chi connectivity index (χ4v) is 4.38. The van der Waals surface area contributed by atoms with Crippen LogP contribution in [0.25, 0.3) is 0 Å². The summed E-state index contributed by atoms with van der Waals surface area (Å²) in [5.41, 5.74) is 4.05. The molecule has 0 spiro atoms. The van der Waals surface area contributed by atoms with Gasteiger partial charge in [0.2, 0.25) is 0 Å². The van der Waals surface area contributed by atoms with Gasteiger partial charge in [0.25, 0.3) is 6.47 Å². The number of nitrogens with zero attached hydrogens (tertiary/aromatic N) is 2. The molecule has 6 nitrogen and oxygen atoms in total. The number of anilines is 1. The maximum atomic E-state index is 8.63. The van der Waals surface area contributed by atoms with E-state index in [1.807, 2.05) is 45.0 Å². The molecule has 1 aromatic heterocycles. The molecule has 1 aromatic carbocycles. The number of amidine groups is 2. The van der Waals surface area contributed by atoms with Crippen molar-refractivity contribution in [3.63, 3.8) is 0 Å². The van der Waals surface area contributed by atoms with Crippen LogP contribution in [-0.4, -0.2) is 35.0 Å². The fraction of sp³-hybridized carbons (Fsp3) is 0.364. The highest BCUT2D eigenvalue weighted by Gasteiger charge is 2.32. The molecule has 1 unspecified atom stereocenters. The zero-order valence-corrected chi connectivity index (χ0v) is 19.8. The van der Waals surface area contributed by atoms with Gasteiger partial charge in [0.1, 0.15) is 22.7 Å². The highest BCUT2D eigenvalue weighted by Crippen LogP contribution is 2.40. The van der Waals surface area contributed by atoms with E-state index in [2.05, 4.69) is 13.8 Å². The SMILES string of the molecule is CC.CCC1N=C(c2ccc(Cl)cc2)c2c(sc(C)c2C)N(C(C)=N)C1=N.O=CO. The highest BCUT2D eigenvalue weighted by atomic mass is 35.5. The van der Waals surface area contributed by atoms with Gasteiger partial charge in [-0.15, -0.1) is 11.3 Å². The van der Waals surface area contributed by atoms with Crippen LogP contribution in [0, 0.1) is 24.7 Å². The molecule has 0 amide bonds. The Morgan fingerprint density at radius 1 is 1.30 bits per heavy atom. The van der Waals surface area contributed by atoms with Gasteiger partial charge in [0, 0.05) is 21.0 Å². The quantitative estimate of drug-likeness (QED) is 0.291. The van der Waals surface area contributed by atoms with Crippen molar-refractivity contribution in [1.82, 2.24) is 0 Å². The largest absolute Gasteiger partial charge is 0.483 e. The fourth-order valence-electron chi connectivity index (χ4n) is 3.03. The summed E-state index contributed by atoms with van der Waals surface area (Å²) in [7, 11) is 0. The Morgan fingerprint density at radius 2 is 1.83 bits per heavy atom. The Bertz CT molecular complexity index is 935. The predicted molar refractivity (Wildman–Crippen MR) is 129 cm³/mol. The molecule has 0 saturated heterocycles. The second-order valence-electron chi connectivity index (χ2n) is 6.28. The molecule has 0 bridgehead atoms. The number of benzene rings is 1. The molecule has 2 heterocycles. The standard InChI is InChI=1S/C19H21ClN4S.C2H6.CH2O2/c1-5-15-18(22)24(12(4)21)19-16(10(2)11(3)25-19)17(23-15)13-6-8-14(20)9-7-13;1-2;2-1-3/h6-9,15,21-22H,5H2,1-4H3;1-2H3;1H,(H,2,3). The first-order valence-corrected chi connectivity index (χ1v) is 10.9. The maximum absolute atomic E-state index is 8.63. The summed E-state index contributed by atoms with van der Waals surface area (Å²) < 4.78 is 0. The molecule has 1 atom stereocenters. The van der Waals surface area contributed by atoms with Crippen molar-refractivity contribution >= 4 is 51.8 Å². The van der Waals surface area contributed by atoms with Gasteiger partial charge in [0.05, 0.1) is 5.71 Å². The first-order valence-electron chi connectivity index (χ1n) is 9.72. The summed E-state index contributed by atoms with van der Waals surface area (Å²) in [5, 5.41) is 25.3. The topological polar surface area (TPSA) is 101 Å². The van der Waals surface area contributed by atoms with Gasteiger partial charge in [-0.1, -0.05) is 44.5 Å². The lowest BCUT2D eigenvalue weighted by Gasteiger charge is -2.24. The number of hydrogen-bond donors (Lipinski definition) is 3. The number of nitrogens with one attached hydrogen (secondary N) is 2. The lowest BCUT2D eigenvalue weighted by atomic mass is 10.00. The molecular weight excluding hydrogens is 420 g/mol. The van der Waals surface area contributed by atoms with Crippen molar-refractivity contribution in [3.8, 4) is 0 Å². The van der Waals surface area contributed by atoms with Crippen LogP contribution in [0.5, 0.6) is 0 Å². The van der Waals surface area contributed by atoms with Crippen LogP contribution in [0.15, 0.2) is 29.3 Å². The molecule has 30 heavy (non-hydrogen) atoms. The molecule has 1 aliphatic heterocycles. The van der Waals surface area contributed by atoms with Crippen molar-refractivity contribution in [2.75, 3.05) is 4.90 Å². The lowest BCUT2D eigenvalue weighted by Crippen LogP contribution is -2.39.